The van der Waals surface area contributed by atoms with Crippen LogP contribution in [0.5, 0.6) is 0 Å². The quantitative estimate of drug-likeness (QED) is 0.476. The molecule has 1 atom stereocenters. The van der Waals surface area contributed by atoms with Gasteiger partial charge in [0.15, 0.2) is 0 Å². The summed E-state index contributed by atoms with van der Waals surface area (Å²) >= 11 is 0.890. The zero-order chi connectivity index (χ0) is 26.4. The van der Waals surface area contributed by atoms with Crippen molar-refractivity contribution >= 4 is 46.3 Å². The number of imide groups is 1. The molecule has 7 heteroatoms. The van der Waals surface area contributed by atoms with Crippen LogP contribution in [0.15, 0.2) is 35.2 Å². The summed E-state index contributed by atoms with van der Waals surface area (Å²) in [6.45, 7) is 15.5. The van der Waals surface area contributed by atoms with E-state index in [4.69, 9.17) is 0 Å². The van der Waals surface area contributed by atoms with Crippen molar-refractivity contribution < 1.29 is 14.4 Å². The first-order chi connectivity index (χ1) is 16.9. The fourth-order valence-corrected chi connectivity index (χ4v) is 6.30. The van der Waals surface area contributed by atoms with Crippen LogP contribution in [-0.2, 0) is 9.59 Å². The largest absolute Gasteiger partial charge is 0.366 e. The van der Waals surface area contributed by atoms with Crippen molar-refractivity contribution in [3.63, 3.8) is 0 Å². The molecule has 1 N–H and O–H groups in total. The number of rotatable bonds is 5. The molecule has 190 valence electrons. The second-order valence-corrected chi connectivity index (χ2v) is 11.6. The Kier molecular flexibility index (Phi) is 7.06. The predicted molar refractivity (Wildman–Crippen MR) is 149 cm³/mol. The Bertz CT molecular complexity index is 1280. The molecule has 6 nitrogen and oxygen atoms in total. The molecule has 2 aliphatic heterocycles. The summed E-state index contributed by atoms with van der Waals surface area (Å²) < 4.78 is 0. The molecule has 0 aliphatic carbocycles. The molecule has 2 aromatic carbocycles. The van der Waals surface area contributed by atoms with Gasteiger partial charge >= 0.3 is 0 Å². The minimum atomic E-state index is -0.428. The van der Waals surface area contributed by atoms with Crippen LogP contribution in [0.25, 0.3) is 6.08 Å². The zero-order valence-corrected chi connectivity index (χ0v) is 23.0. The summed E-state index contributed by atoms with van der Waals surface area (Å²) in [4.78, 5) is 42.2. The van der Waals surface area contributed by atoms with Gasteiger partial charge in [-0.05, 0) is 112 Å². The monoisotopic (exact) mass is 505 g/mol. The predicted octanol–water partition coefficient (Wildman–Crippen LogP) is 6.40. The molecule has 0 aromatic heterocycles. The van der Waals surface area contributed by atoms with Crippen LogP contribution in [0.2, 0.25) is 0 Å². The fraction of sp³-hybridized carbons (Fsp3) is 0.414. The number of nitrogens with zero attached hydrogens (tertiary/aromatic N) is 2. The molecule has 0 unspecified atom stereocenters. The number of amides is 3. The molecule has 2 aromatic rings. The van der Waals surface area contributed by atoms with E-state index in [9.17, 15) is 14.4 Å². The number of carbonyl (C=O) groups excluding carboxylic acids is 3. The van der Waals surface area contributed by atoms with Crippen molar-refractivity contribution in [2.75, 3.05) is 23.3 Å². The second-order valence-electron chi connectivity index (χ2n) is 10.6. The van der Waals surface area contributed by atoms with Crippen molar-refractivity contribution in [3.8, 4) is 0 Å². The lowest BCUT2D eigenvalue weighted by molar-refractivity contribution is -0.127. The van der Waals surface area contributed by atoms with Gasteiger partial charge in [0.1, 0.15) is 6.54 Å². The van der Waals surface area contributed by atoms with E-state index in [1.807, 2.05) is 39.0 Å². The smallest absolute Gasteiger partial charge is 0.294 e. The Morgan fingerprint density at radius 2 is 1.86 bits per heavy atom. The van der Waals surface area contributed by atoms with E-state index in [0.717, 1.165) is 51.9 Å². The number of thioether (sulfide) groups is 1. The molecule has 3 amide bonds. The van der Waals surface area contributed by atoms with Gasteiger partial charge in [0.05, 0.1) is 4.91 Å². The van der Waals surface area contributed by atoms with Gasteiger partial charge in [-0.15, -0.1) is 0 Å². The average Bonchev–Trinajstić information content (AvgIpc) is 3.04. The van der Waals surface area contributed by atoms with Crippen LogP contribution in [0.1, 0.15) is 67.9 Å². The highest BCUT2D eigenvalue weighted by Gasteiger charge is 2.38. The van der Waals surface area contributed by atoms with E-state index in [1.54, 1.807) is 6.08 Å². The summed E-state index contributed by atoms with van der Waals surface area (Å²) in [5.41, 5.74) is 7.27. The van der Waals surface area contributed by atoms with Crippen molar-refractivity contribution in [2.24, 2.45) is 0 Å². The average molecular weight is 506 g/mol. The lowest BCUT2D eigenvalue weighted by Gasteiger charge is -2.47. The standard InChI is InChI=1S/C29H35N3O3S/c1-8-32-24-12-18(3)21(13-22(24)20(5)15-29(32,6)7)14-25-27(34)31(28(35)36-25)16-26(33)30-23-10-9-17(2)11-19(23)4/h9-14,20H,8,15-16H2,1-7H3,(H,30,33)/b25-14-/t20-/m0/s1. The van der Waals surface area contributed by atoms with E-state index in [0.29, 0.717) is 16.5 Å². The van der Waals surface area contributed by atoms with Crippen molar-refractivity contribution in [3.05, 3.63) is 63.1 Å². The van der Waals surface area contributed by atoms with Crippen LogP contribution in [0.4, 0.5) is 16.2 Å². The molecule has 36 heavy (non-hydrogen) atoms. The van der Waals surface area contributed by atoms with Gasteiger partial charge in [0.2, 0.25) is 5.91 Å². The molecule has 4 rings (SSSR count). The maximum atomic E-state index is 13.1. The molecule has 0 bridgehead atoms. The molecule has 0 radical (unpaired) electrons. The zero-order valence-electron chi connectivity index (χ0n) is 22.2. The molecule has 1 saturated heterocycles. The third-order valence-corrected chi connectivity index (χ3v) is 8.11. The highest BCUT2D eigenvalue weighted by molar-refractivity contribution is 8.18. The second kappa shape index (κ2) is 9.77. The van der Waals surface area contributed by atoms with Crippen LogP contribution in [0, 0.1) is 20.8 Å². The van der Waals surface area contributed by atoms with E-state index < -0.39 is 17.1 Å². The third-order valence-electron chi connectivity index (χ3n) is 7.21. The summed E-state index contributed by atoms with van der Waals surface area (Å²) in [7, 11) is 0. The van der Waals surface area contributed by atoms with Gasteiger partial charge in [-0.3, -0.25) is 19.3 Å². The first-order valence-corrected chi connectivity index (χ1v) is 13.3. The Labute approximate surface area is 218 Å². The van der Waals surface area contributed by atoms with E-state index >= 15 is 0 Å². The van der Waals surface area contributed by atoms with Gasteiger partial charge in [0, 0.05) is 23.5 Å². The molecule has 2 heterocycles. The Hall–Kier alpha value is -3.06. The minimum absolute atomic E-state index is 0.0788. The molecule has 1 fully saturated rings. The molecular formula is C29H35N3O3S. The van der Waals surface area contributed by atoms with Gasteiger partial charge in [-0.25, -0.2) is 0 Å². The third kappa shape index (κ3) is 4.94. The maximum Gasteiger partial charge on any atom is 0.294 e. The van der Waals surface area contributed by atoms with Gasteiger partial charge in [-0.1, -0.05) is 24.6 Å². The number of anilines is 2. The molecule has 2 aliphatic rings. The highest BCUT2D eigenvalue weighted by Crippen LogP contribution is 2.45. The number of aryl methyl sites for hydroxylation is 3. The normalized spacial score (nSPS) is 20.2. The van der Waals surface area contributed by atoms with Gasteiger partial charge < -0.3 is 10.2 Å². The topological polar surface area (TPSA) is 69.7 Å². The fourth-order valence-electron chi connectivity index (χ4n) is 5.47. The molecule has 0 spiro atoms. The van der Waals surface area contributed by atoms with Crippen LogP contribution >= 0.6 is 11.8 Å². The van der Waals surface area contributed by atoms with Gasteiger partial charge in [0.25, 0.3) is 11.1 Å². The number of fused-ring (bicyclic) bond motifs is 1. The van der Waals surface area contributed by atoms with Gasteiger partial charge in [-0.2, -0.15) is 0 Å². The Morgan fingerprint density at radius 3 is 2.53 bits per heavy atom. The summed E-state index contributed by atoms with van der Waals surface area (Å²) in [5.74, 6) is -0.441. The summed E-state index contributed by atoms with van der Waals surface area (Å²) in [5, 5.41) is 2.39. The maximum absolute atomic E-state index is 13.1. The lowest BCUT2D eigenvalue weighted by Crippen LogP contribution is -2.48. The Morgan fingerprint density at radius 1 is 1.14 bits per heavy atom. The number of carbonyl (C=O) groups is 3. The van der Waals surface area contributed by atoms with Crippen LogP contribution in [-0.4, -0.2) is 40.6 Å². The van der Waals surface area contributed by atoms with Crippen LogP contribution in [0.3, 0.4) is 0 Å². The highest BCUT2D eigenvalue weighted by atomic mass is 32.2. The van der Waals surface area contributed by atoms with E-state index in [-0.39, 0.29) is 12.1 Å². The lowest BCUT2D eigenvalue weighted by atomic mass is 9.79. The van der Waals surface area contributed by atoms with Crippen molar-refractivity contribution in [2.45, 2.75) is 66.3 Å². The number of nitrogens with one attached hydrogen (secondary N) is 1. The Balaban J connectivity index is 1.55. The molecular weight excluding hydrogens is 470 g/mol. The summed E-state index contributed by atoms with van der Waals surface area (Å²) in [6.07, 6.45) is 2.84. The van der Waals surface area contributed by atoms with E-state index in [2.05, 4.69) is 50.0 Å². The van der Waals surface area contributed by atoms with Crippen LogP contribution < -0.4 is 10.2 Å². The first-order valence-electron chi connectivity index (χ1n) is 12.5. The molecule has 0 saturated carbocycles. The number of benzene rings is 2. The minimum Gasteiger partial charge on any atom is -0.366 e. The van der Waals surface area contributed by atoms with Crippen molar-refractivity contribution in [1.82, 2.24) is 4.90 Å². The number of hydrogen-bond acceptors (Lipinski definition) is 5. The first kappa shape index (κ1) is 26.0. The van der Waals surface area contributed by atoms with Crippen molar-refractivity contribution in [1.29, 1.82) is 0 Å². The number of hydrogen-bond donors (Lipinski definition) is 1. The SMILES string of the molecule is CCN1c2cc(C)c(/C=C3\SC(=O)N(CC(=O)Nc4ccc(C)cc4C)C3=O)cc2[C@@H](C)CC1(C)C. The summed E-state index contributed by atoms with van der Waals surface area (Å²) in [6, 6.07) is 10.1. The van der Waals surface area contributed by atoms with E-state index in [1.165, 1.54) is 11.3 Å².